The van der Waals surface area contributed by atoms with Crippen LogP contribution in [0.3, 0.4) is 0 Å². The molecule has 30 heavy (non-hydrogen) atoms. The molecular weight excluding hydrogens is 384 g/mol. The highest BCUT2D eigenvalue weighted by molar-refractivity contribution is 5.77. The zero-order valence-electron chi connectivity index (χ0n) is 17.1. The number of benzene rings is 1. The Hall–Kier alpha value is -3.20. The van der Waals surface area contributed by atoms with Crippen LogP contribution in [-0.4, -0.2) is 64.8 Å². The van der Waals surface area contributed by atoms with Crippen LogP contribution < -0.4 is 15.8 Å². The number of carbonyl (C=O) groups excluding carboxylic acids is 1. The molecule has 0 radical (unpaired) electrons. The second-order valence-corrected chi connectivity index (χ2v) is 7.49. The second kappa shape index (κ2) is 9.08. The number of anilines is 1. The molecule has 1 fully saturated rings. The van der Waals surface area contributed by atoms with E-state index in [9.17, 15) is 9.59 Å². The lowest BCUT2D eigenvalue weighted by Crippen LogP contribution is -2.47. The summed E-state index contributed by atoms with van der Waals surface area (Å²) in [7, 11) is 0. The molecule has 0 unspecified atom stereocenters. The Kier molecular flexibility index (Phi) is 6.08. The van der Waals surface area contributed by atoms with Crippen molar-refractivity contribution in [3.63, 3.8) is 0 Å². The molecule has 0 saturated carbocycles. The lowest BCUT2D eigenvalue weighted by molar-refractivity contribution is -0.121. The summed E-state index contributed by atoms with van der Waals surface area (Å²) in [5, 5.41) is 6.95. The van der Waals surface area contributed by atoms with Crippen molar-refractivity contribution in [3.05, 3.63) is 52.7 Å². The van der Waals surface area contributed by atoms with Gasteiger partial charge < -0.3 is 14.7 Å². The Morgan fingerprint density at radius 2 is 1.93 bits per heavy atom. The maximum atomic E-state index is 12.4. The molecule has 0 aliphatic carbocycles. The molecule has 0 bridgehead atoms. The minimum absolute atomic E-state index is 0.0673. The molecule has 1 amide bonds. The summed E-state index contributed by atoms with van der Waals surface area (Å²) in [5.74, 6) is -0.207. The van der Waals surface area contributed by atoms with Crippen molar-refractivity contribution in [3.8, 4) is 0 Å². The zero-order chi connectivity index (χ0) is 20.9. The molecule has 1 N–H and O–H groups in total. The van der Waals surface area contributed by atoms with Gasteiger partial charge in [-0.25, -0.2) is 4.98 Å². The van der Waals surface area contributed by atoms with Crippen molar-refractivity contribution < 1.29 is 9.32 Å². The van der Waals surface area contributed by atoms with Crippen molar-refractivity contribution in [2.45, 2.75) is 19.9 Å². The fourth-order valence-electron chi connectivity index (χ4n) is 3.73. The van der Waals surface area contributed by atoms with Crippen LogP contribution in [0.5, 0.6) is 0 Å². The first-order valence-corrected chi connectivity index (χ1v) is 10.2. The topological polar surface area (TPSA) is 96.5 Å². The van der Waals surface area contributed by atoms with Gasteiger partial charge >= 0.3 is 0 Å². The van der Waals surface area contributed by atoms with Gasteiger partial charge in [0.1, 0.15) is 18.3 Å². The van der Waals surface area contributed by atoms with Crippen molar-refractivity contribution in [1.29, 1.82) is 0 Å². The molecular formula is C21H26N6O3. The number of aryl methyl sites for hydroxylation is 1. The van der Waals surface area contributed by atoms with Crippen molar-refractivity contribution in [2.75, 3.05) is 44.2 Å². The van der Waals surface area contributed by atoms with Gasteiger partial charge in [-0.3, -0.25) is 19.1 Å². The first-order valence-electron chi connectivity index (χ1n) is 10.2. The number of carbonyl (C=O) groups is 1. The summed E-state index contributed by atoms with van der Waals surface area (Å²) in [6.07, 6.45) is 2.19. The number of hydrogen-bond donors (Lipinski definition) is 1. The summed E-state index contributed by atoms with van der Waals surface area (Å²) >= 11 is 0. The van der Waals surface area contributed by atoms with Crippen LogP contribution in [0.25, 0.3) is 11.1 Å². The highest BCUT2D eigenvalue weighted by Gasteiger charge is 2.17. The number of hydrogen-bond acceptors (Lipinski definition) is 7. The molecule has 2 aromatic heterocycles. The van der Waals surface area contributed by atoms with E-state index in [0.29, 0.717) is 17.6 Å². The Bertz CT molecular complexity index is 1050. The minimum Gasteiger partial charge on any atom is -0.369 e. The molecule has 1 aliphatic heterocycles. The van der Waals surface area contributed by atoms with E-state index < -0.39 is 0 Å². The van der Waals surface area contributed by atoms with Crippen LogP contribution in [0, 0.1) is 6.92 Å². The van der Waals surface area contributed by atoms with E-state index in [2.05, 4.69) is 49.5 Å². The predicted molar refractivity (Wildman–Crippen MR) is 114 cm³/mol. The lowest BCUT2D eigenvalue weighted by atomic mass is 10.2. The summed E-state index contributed by atoms with van der Waals surface area (Å²) < 4.78 is 6.26. The van der Waals surface area contributed by atoms with Crippen LogP contribution in [0.15, 0.2) is 46.0 Å². The van der Waals surface area contributed by atoms with E-state index in [1.54, 1.807) is 6.92 Å². The van der Waals surface area contributed by atoms with Crippen LogP contribution >= 0.6 is 0 Å². The average molecular weight is 410 g/mol. The molecule has 3 aromatic rings. The van der Waals surface area contributed by atoms with E-state index in [1.165, 1.54) is 16.6 Å². The Morgan fingerprint density at radius 1 is 1.17 bits per heavy atom. The van der Waals surface area contributed by atoms with E-state index in [4.69, 9.17) is 4.52 Å². The Morgan fingerprint density at radius 3 is 2.70 bits per heavy atom. The fraction of sp³-hybridized carbons (Fsp3) is 0.429. The number of nitrogens with one attached hydrogen (secondary N) is 1. The SMILES string of the molecule is Cc1noc2ncn(CC(=O)NCCCN3CCN(c4ccccc4)CC3)c(=O)c12. The van der Waals surface area contributed by atoms with Gasteiger partial charge in [-0.2, -0.15) is 0 Å². The van der Waals surface area contributed by atoms with Crippen LogP contribution in [-0.2, 0) is 11.3 Å². The number of piperazine rings is 1. The number of para-hydroxylation sites is 1. The van der Waals surface area contributed by atoms with Gasteiger partial charge in [-0.05, 0) is 32.0 Å². The molecule has 1 aromatic carbocycles. The fourth-order valence-corrected chi connectivity index (χ4v) is 3.73. The van der Waals surface area contributed by atoms with Gasteiger partial charge in [0.15, 0.2) is 0 Å². The molecule has 9 nitrogen and oxygen atoms in total. The molecule has 9 heteroatoms. The van der Waals surface area contributed by atoms with E-state index >= 15 is 0 Å². The summed E-state index contributed by atoms with van der Waals surface area (Å²) in [4.78, 5) is 33.5. The third kappa shape index (κ3) is 4.51. The molecule has 1 saturated heterocycles. The number of fused-ring (bicyclic) bond motifs is 1. The monoisotopic (exact) mass is 410 g/mol. The number of aromatic nitrogens is 3. The van der Waals surface area contributed by atoms with Gasteiger partial charge in [0, 0.05) is 38.4 Å². The maximum absolute atomic E-state index is 12.4. The highest BCUT2D eigenvalue weighted by atomic mass is 16.5. The van der Waals surface area contributed by atoms with Crippen molar-refractivity contribution in [1.82, 2.24) is 24.9 Å². The zero-order valence-corrected chi connectivity index (χ0v) is 17.1. The van der Waals surface area contributed by atoms with Gasteiger partial charge in [-0.1, -0.05) is 23.4 Å². The van der Waals surface area contributed by atoms with Gasteiger partial charge in [0.25, 0.3) is 11.3 Å². The molecule has 3 heterocycles. The van der Waals surface area contributed by atoms with E-state index in [0.717, 1.165) is 39.1 Å². The average Bonchev–Trinajstić information content (AvgIpc) is 3.16. The minimum atomic E-state index is -0.315. The van der Waals surface area contributed by atoms with E-state index in [1.807, 2.05) is 6.07 Å². The third-order valence-corrected chi connectivity index (χ3v) is 5.41. The number of rotatable bonds is 7. The molecule has 0 spiro atoms. The molecule has 158 valence electrons. The maximum Gasteiger partial charge on any atom is 0.267 e. The molecule has 4 rings (SSSR count). The number of nitrogens with zero attached hydrogens (tertiary/aromatic N) is 5. The lowest BCUT2D eigenvalue weighted by Gasteiger charge is -2.36. The first-order chi connectivity index (χ1) is 14.6. The predicted octanol–water partition coefficient (Wildman–Crippen LogP) is 1.02. The molecule has 0 atom stereocenters. The second-order valence-electron chi connectivity index (χ2n) is 7.49. The molecule has 1 aliphatic rings. The smallest absolute Gasteiger partial charge is 0.267 e. The van der Waals surface area contributed by atoms with Crippen molar-refractivity contribution >= 4 is 22.7 Å². The van der Waals surface area contributed by atoms with Crippen LogP contribution in [0.1, 0.15) is 12.1 Å². The summed E-state index contributed by atoms with van der Waals surface area (Å²) in [6, 6.07) is 10.5. The first kappa shape index (κ1) is 20.1. The van der Waals surface area contributed by atoms with Crippen LogP contribution in [0.2, 0.25) is 0 Å². The van der Waals surface area contributed by atoms with Crippen LogP contribution in [0.4, 0.5) is 5.69 Å². The van der Waals surface area contributed by atoms with Gasteiger partial charge in [-0.15, -0.1) is 0 Å². The standard InChI is InChI=1S/C21H26N6O3/c1-16-19-20(30-24-16)23-15-27(21(19)29)14-18(28)22-8-5-9-25-10-12-26(13-11-25)17-6-3-2-4-7-17/h2-4,6-7,15H,5,8-14H2,1H3,(H,22,28). The highest BCUT2D eigenvalue weighted by Crippen LogP contribution is 2.15. The quantitative estimate of drug-likeness (QED) is 0.581. The van der Waals surface area contributed by atoms with Crippen molar-refractivity contribution in [2.24, 2.45) is 0 Å². The third-order valence-electron chi connectivity index (χ3n) is 5.41. The normalized spacial score (nSPS) is 14.9. The summed E-state index contributed by atoms with van der Waals surface area (Å²) in [6.45, 7) is 7.18. The largest absolute Gasteiger partial charge is 0.369 e. The van der Waals surface area contributed by atoms with E-state index in [-0.39, 0.29) is 23.7 Å². The summed E-state index contributed by atoms with van der Waals surface area (Å²) in [5.41, 5.74) is 1.63. The Labute approximate surface area is 174 Å². The van der Waals surface area contributed by atoms with Gasteiger partial charge in [0.2, 0.25) is 5.91 Å². The number of amides is 1. The van der Waals surface area contributed by atoms with Gasteiger partial charge in [0.05, 0.1) is 5.69 Å². The Balaban J connectivity index is 1.18.